The van der Waals surface area contributed by atoms with Crippen molar-refractivity contribution in [2.45, 2.75) is 76.4 Å². The first kappa shape index (κ1) is 26.7. The van der Waals surface area contributed by atoms with E-state index in [1.54, 1.807) is 0 Å². The van der Waals surface area contributed by atoms with Crippen LogP contribution < -0.4 is 27.4 Å². The number of unbranched alkanes of at least 4 members (excludes halogenated alkanes) is 1. The highest BCUT2D eigenvalue weighted by Gasteiger charge is 2.30. The molecule has 0 aromatic carbocycles. The molecule has 6 unspecified atom stereocenters. The predicted octanol–water partition coefficient (Wildman–Crippen LogP) is -3.24. The Morgan fingerprint density at radius 3 is 1.90 bits per heavy atom. The lowest BCUT2D eigenvalue weighted by Crippen LogP contribution is -2.58. The van der Waals surface area contributed by atoms with Crippen LogP contribution in [0.5, 0.6) is 0 Å². The van der Waals surface area contributed by atoms with Crippen molar-refractivity contribution in [3.8, 4) is 0 Å². The minimum absolute atomic E-state index is 0.223. The number of amides is 3. The first-order valence-electron chi connectivity index (χ1n) is 9.38. The molecule has 0 saturated heterocycles. The number of carbonyl (C=O) groups excluding carboxylic acids is 3. The summed E-state index contributed by atoms with van der Waals surface area (Å²) in [6.45, 7) is 4.26. The minimum atomic E-state index is -1.54. The van der Waals surface area contributed by atoms with Crippen molar-refractivity contribution >= 4 is 23.7 Å². The number of carboxylic acids is 1. The van der Waals surface area contributed by atoms with Gasteiger partial charge in [-0.3, -0.25) is 14.4 Å². The predicted molar refractivity (Wildman–Crippen MR) is 103 cm³/mol. The van der Waals surface area contributed by atoms with Crippen LogP contribution in [0.25, 0.3) is 0 Å². The van der Waals surface area contributed by atoms with Gasteiger partial charge < -0.3 is 42.7 Å². The topological polar surface area (TPSA) is 217 Å². The van der Waals surface area contributed by atoms with Crippen LogP contribution in [-0.2, 0) is 19.2 Å². The monoisotopic (exact) mass is 419 g/mol. The highest BCUT2D eigenvalue weighted by molar-refractivity contribution is 5.94. The fourth-order valence-electron chi connectivity index (χ4n) is 2.30. The first-order valence-corrected chi connectivity index (χ1v) is 9.38. The van der Waals surface area contributed by atoms with Crippen LogP contribution in [0.4, 0.5) is 0 Å². The van der Waals surface area contributed by atoms with Crippen LogP contribution in [0.2, 0.25) is 0 Å². The van der Waals surface area contributed by atoms with Gasteiger partial charge in [0.15, 0.2) is 6.04 Å². The zero-order chi connectivity index (χ0) is 22.7. The molecule has 0 rings (SSSR count). The van der Waals surface area contributed by atoms with Gasteiger partial charge in [-0.1, -0.05) is 0 Å². The van der Waals surface area contributed by atoms with Crippen molar-refractivity contribution in [1.82, 2.24) is 16.0 Å². The molecule has 12 heteroatoms. The maximum Gasteiger partial charge on any atom is 0.328 e. The number of hydrogen-bond acceptors (Lipinski definition) is 8. The summed E-state index contributed by atoms with van der Waals surface area (Å²) in [5.41, 5.74) is 11.0. The van der Waals surface area contributed by atoms with Gasteiger partial charge in [-0.25, -0.2) is 4.79 Å². The van der Waals surface area contributed by atoms with Crippen molar-refractivity contribution in [3.63, 3.8) is 0 Å². The van der Waals surface area contributed by atoms with Gasteiger partial charge >= 0.3 is 5.97 Å². The number of aliphatic hydroxyl groups is 2. The molecule has 0 aliphatic carbocycles. The average molecular weight is 419 g/mol. The Labute approximate surface area is 169 Å². The third kappa shape index (κ3) is 9.65. The second-order valence-electron chi connectivity index (χ2n) is 6.91. The van der Waals surface area contributed by atoms with E-state index in [2.05, 4.69) is 16.0 Å². The van der Waals surface area contributed by atoms with E-state index in [0.29, 0.717) is 19.4 Å². The van der Waals surface area contributed by atoms with Crippen molar-refractivity contribution < 1.29 is 34.5 Å². The van der Waals surface area contributed by atoms with E-state index in [1.807, 2.05) is 0 Å². The molecule has 29 heavy (non-hydrogen) atoms. The molecule has 0 spiro atoms. The molecule has 3 amide bonds. The molecule has 0 aromatic rings. The molecule has 0 heterocycles. The Bertz CT molecular complexity index is 570. The van der Waals surface area contributed by atoms with Gasteiger partial charge in [0.2, 0.25) is 17.7 Å². The highest BCUT2D eigenvalue weighted by atomic mass is 16.4. The van der Waals surface area contributed by atoms with E-state index in [1.165, 1.54) is 20.8 Å². The number of carbonyl (C=O) groups is 4. The molecular formula is C17H33N5O7. The molecule has 168 valence electrons. The Balaban J connectivity index is 5.06. The summed E-state index contributed by atoms with van der Waals surface area (Å²) < 4.78 is 0. The fraction of sp³-hybridized carbons (Fsp3) is 0.765. The smallest absolute Gasteiger partial charge is 0.328 e. The number of rotatable bonds is 13. The number of nitrogens with one attached hydrogen (secondary N) is 3. The standard InChI is InChI=1S/C17H33N5O7/c1-8(14(25)22-13(10(3)24)17(28)29)20-15(26)11(6-4-5-7-18)21-16(27)12(19)9(2)23/h8-13,23-24H,4-7,18-19H2,1-3H3,(H,20,26)(H,21,27)(H,22,25)(H,28,29). The highest BCUT2D eigenvalue weighted by Crippen LogP contribution is 2.03. The summed E-state index contributed by atoms with van der Waals surface area (Å²) in [7, 11) is 0. The van der Waals surface area contributed by atoms with Gasteiger partial charge in [-0.2, -0.15) is 0 Å². The van der Waals surface area contributed by atoms with E-state index in [9.17, 15) is 29.4 Å². The quantitative estimate of drug-likeness (QED) is 0.140. The van der Waals surface area contributed by atoms with E-state index >= 15 is 0 Å². The summed E-state index contributed by atoms with van der Waals surface area (Å²) in [6, 6.07) is -4.93. The Kier molecular flexibility index (Phi) is 12.0. The molecule has 0 saturated carbocycles. The third-order valence-electron chi connectivity index (χ3n) is 4.20. The number of aliphatic carboxylic acids is 1. The van der Waals surface area contributed by atoms with Gasteiger partial charge in [0, 0.05) is 0 Å². The van der Waals surface area contributed by atoms with Crippen LogP contribution >= 0.6 is 0 Å². The SMILES string of the molecule is CC(NC(=O)C(CCCCN)NC(=O)C(N)C(C)O)C(=O)NC(C(=O)O)C(C)O. The van der Waals surface area contributed by atoms with Crippen molar-refractivity contribution in [1.29, 1.82) is 0 Å². The van der Waals surface area contributed by atoms with E-state index < -0.39 is 60.1 Å². The van der Waals surface area contributed by atoms with E-state index in [-0.39, 0.29) is 6.42 Å². The van der Waals surface area contributed by atoms with Crippen LogP contribution in [-0.4, -0.2) is 81.9 Å². The summed E-state index contributed by atoms with van der Waals surface area (Å²) in [4.78, 5) is 47.8. The average Bonchev–Trinajstić information content (AvgIpc) is 2.63. The molecule has 0 radical (unpaired) electrons. The molecule has 10 N–H and O–H groups in total. The molecule has 0 aliphatic heterocycles. The van der Waals surface area contributed by atoms with Gasteiger partial charge in [0.25, 0.3) is 0 Å². The molecule has 12 nitrogen and oxygen atoms in total. The van der Waals surface area contributed by atoms with Gasteiger partial charge in [0.05, 0.1) is 12.2 Å². The Hall–Kier alpha value is -2.28. The second-order valence-corrected chi connectivity index (χ2v) is 6.91. The Morgan fingerprint density at radius 2 is 1.45 bits per heavy atom. The number of aliphatic hydroxyl groups excluding tert-OH is 2. The maximum atomic E-state index is 12.5. The van der Waals surface area contributed by atoms with Crippen LogP contribution in [0, 0.1) is 0 Å². The minimum Gasteiger partial charge on any atom is -0.480 e. The molecule has 0 aliphatic rings. The summed E-state index contributed by atoms with van der Waals surface area (Å²) in [6.07, 6.45) is -1.12. The fourth-order valence-corrected chi connectivity index (χ4v) is 2.30. The lowest BCUT2D eigenvalue weighted by atomic mass is 10.1. The molecular weight excluding hydrogens is 386 g/mol. The summed E-state index contributed by atoms with van der Waals surface area (Å²) in [5, 5.41) is 34.8. The molecule has 0 aromatic heterocycles. The number of carboxylic acid groups (broad SMARTS) is 1. The van der Waals surface area contributed by atoms with Crippen LogP contribution in [0.15, 0.2) is 0 Å². The maximum absolute atomic E-state index is 12.5. The largest absolute Gasteiger partial charge is 0.480 e. The van der Waals surface area contributed by atoms with Crippen molar-refractivity contribution in [2.24, 2.45) is 11.5 Å². The van der Waals surface area contributed by atoms with E-state index in [0.717, 1.165) is 0 Å². The molecule has 0 fully saturated rings. The molecule has 6 atom stereocenters. The lowest BCUT2D eigenvalue weighted by molar-refractivity contribution is -0.145. The summed E-state index contributed by atoms with van der Waals surface area (Å²) in [5.74, 6) is -3.66. The lowest BCUT2D eigenvalue weighted by Gasteiger charge is -2.24. The van der Waals surface area contributed by atoms with Crippen molar-refractivity contribution in [3.05, 3.63) is 0 Å². The number of hydrogen-bond donors (Lipinski definition) is 8. The summed E-state index contributed by atoms with van der Waals surface area (Å²) >= 11 is 0. The van der Waals surface area contributed by atoms with Crippen LogP contribution in [0.3, 0.4) is 0 Å². The van der Waals surface area contributed by atoms with Crippen molar-refractivity contribution in [2.75, 3.05) is 6.54 Å². The zero-order valence-electron chi connectivity index (χ0n) is 16.9. The van der Waals surface area contributed by atoms with Gasteiger partial charge in [-0.05, 0) is 46.6 Å². The second kappa shape index (κ2) is 13.0. The van der Waals surface area contributed by atoms with E-state index in [4.69, 9.17) is 16.6 Å². The Morgan fingerprint density at radius 1 is 0.862 bits per heavy atom. The van der Waals surface area contributed by atoms with Gasteiger partial charge in [-0.15, -0.1) is 0 Å². The molecule has 0 bridgehead atoms. The van der Waals surface area contributed by atoms with Gasteiger partial charge in [0.1, 0.15) is 18.1 Å². The number of nitrogens with two attached hydrogens (primary N) is 2. The first-order chi connectivity index (χ1) is 13.4. The zero-order valence-corrected chi connectivity index (χ0v) is 16.9. The third-order valence-corrected chi connectivity index (χ3v) is 4.20. The van der Waals surface area contributed by atoms with Crippen LogP contribution in [0.1, 0.15) is 40.0 Å². The normalized spacial score (nSPS) is 17.2.